The Balaban J connectivity index is 1.62. The minimum atomic E-state index is -3.98. The second kappa shape index (κ2) is 11.4. The van der Waals surface area contributed by atoms with Crippen molar-refractivity contribution in [2.75, 3.05) is 33.6 Å². The Morgan fingerprint density at radius 3 is 2.41 bits per heavy atom. The summed E-state index contributed by atoms with van der Waals surface area (Å²) in [6, 6.07) is 12.7. The number of furan rings is 1. The summed E-state index contributed by atoms with van der Waals surface area (Å²) >= 11 is 0. The first-order valence-corrected chi connectivity index (χ1v) is 13.4. The number of aryl methyl sites for hydroxylation is 3. The molecule has 1 aliphatic rings. The predicted molar refractivity (Wildman–Crippen MR) is 137 cm³/mol. The van der Waals surface area contributed by atoms with E-state index in [-0.39, 0.29) is 50.4 Å². The fourth-order valence-corrected chi connectivity index (χ4v) is 6.30. The van der Waals surface area contributed by atoms with Crippen LogP contribution in [-0.2, 0) is 32.6 Å². The zero-order valence-corrected chi connectivity index (χ0v) is 22.3. The van der Waals surface area contributed by atoms with Crippen LogP contribution < -0.4 is 9.47 Å². The molecule has 1 amide bonds. The van der Waals surface area contributed by atoms with E-state index in [1.807, 2.05) is 31.2 Å². The van der Waals surface area contributed by atoms with Crippen LogP contribution in [0.25, 0.3) is 0 Å². The number of benzene rings is 2. The number of hydrogen-bond acceptors (Lipinski definition) is 7. The Morgan fingerprint density at radius 2 is 1.73 bits per heavy atom. The Bertz CT molecular complexity index is 1330. The molecule has 10 heteroatoms. The van der Waals surface area contributed by atoms with Crippen LogP contribution in [-0.4, -0.2) is 57.1 Å². The summed E-state index contributed by atoms with van der Waals surface area (Å²) in [5, 5.41) is 0. The minimum absolute atomic E-state index is 0.0376. The predicted octanol–water partition coefficient (Wildman–Crippen LogP) is 3.80. The van der Waals surface area contributed by atoms with E-state index in [0.717, 1.165) is 11.1 Å². The van der Waals surface area contributed by atoms with E-state index in [4.69, 9.17) is 18.6 Å². The van der Waals surface area contributed by atoms with Crippen LogP contribution in [0.2, 0.25) is 0 Å². The maximum absolute atomic E-state index is 13.8. The first-order chi connectivity index (χ1) is 17.7. The molecule has 0 bridgehead atoms. The molecule has 0 atom stereocenters. The van der Waals surface area contributed by atoms with Gasteiger partial charge in [-0.05, 0) is 61.7 Å². The minimum Gasteiger partial charge on any atom is -0.467 e. The van der Waals surface area contributed by atoms with Crippen molar-refractivity contribution in [1.29, 1.82) is 0 Å². The van der Waals surface area contributed by atoms with E-state index in [1.165, 1.54) is 17.7 Å². The van der Waals surface area contributed by atoms with Gasteiger partial charge in [-0.25, -0.2) is 8.42 Å². The zero-order valence-electron chi connectivity index (χ0n) is 21.5. The van der Waals surface area contributed by atoms with Crippen LogP contribution in [0.1, 0.15) is 28.0 Å². The highest BCUT2D eigenvalue weighted by atomic mass is 32.2. The zero-order chi connectivity index (χ0) is 26.6. The molecular formula is C27H32N2O7S. The Morgan fingerprint density at radius 1 is 1.00 bits per heavy atom. The summed E-state index contributed by atoms with van der Waals surface area (Å²) in [4.78, 5) is 15.5. The number of hydrogen-bond donors (Lipinski definition) is 0. The van der Waals surface area contributed by atoms with Gasteiger partial charge < -0.3 is 23.5 Å². The molecular weight excluding hydrogens is 496 g/mol. The van der Waals surface area contributed by atoms with Gasteiger partial charge in [-0.1, -0.05) is 23.8 Å². The molecule has 1 aromatic heterocycles. The third-order valence-electron chi connectivity index (χ3n) is 6.15. The van der Waals surface area contributed by atoms with E-state index in [1.54, 1.807) is 36.9 Å². The number of rotatable bonds is 11. The monoisotopic (exact) mass is 528 g/mol. The van der Waals surface area contributed by atoms with E-state index in [9.17, 15) is 13.2 Å². The number of methoxy groups -OCH3 is 1. The van der Waals surface area contributed by atoms with Crippen molar-refractivity contribution in [3.05, 3.63) is 76.7 Å². The Hall–Kier alpha value is -3.34. The molecule has 37 heavy (non-hydrogen) atoms. The topological polar surface area (TPSA) is 98.5 Å². The van der Waals surface area contributed by atoms with Crippen molar-refractivity contribution < 1.29 is 31.8 Å². The maximum atomic E-state index is 13.8. The molecule has 1 aliphatic heterocycles. The van der Waals surface area contributed by atoms with Gasteiger partial charge in [-0.15, -0.1) is 0 Å². The van der Waals surface area contributed by atoms with E-state index < -0.39 is 10.0 Å². The van der Waals surface area contributed by atoms with Crippen molar-refractivity contribution in [3.8, 4) is 11.5 Å². The maximum Gasteiger partial charge on any atom is 0.244 e. The highest BCUT2D eigenvalue weighted by Gasteiger charge is 2.31. The lowest BCUT2D eigenvalue weighted by Gasteiger charge is -2.28. The lowest BCUT2D eigenvalue weighted by atomic mass is 10.1. The van der Waals surface area contributed by atoms with Crippen LogP contribution in [0.15, 0.2) is 58.0 Å². The van der Waals surface area contributed by atoms with Crippen molar-refractivity contribution in [2.45, 2.75) is 38.8 Å². The summed E-state index contributed by atoms with van der Waals surface area (Å²) in [6.07, 6.45) is 1.54. The van der Waals surface area contributed by atoms with Crippen LogP contribution >= 0.6 is 0 Å². The van der Waals surface area contributed by atoms with Crippen LogP contribution in [0.5, 0.6) is 11.5 Å². The molecule has 3 aromatic rings. The normalized spacial score (nSPS) is 12.8. The lowest BCUT2D eigenvalue weighted by molar-refractivity contribution is -0.133. The van der Waals surface area contributed by atoms with Gasteiger partial charge in [0, 0.05) is 20.2 Å². The number of ether oxygens (including phenoxy) is 3. The van der Waals surface area contributed by atoms with Crippen LogP contribution in [0.4, 0.5) is 0 Å². The van der Waals surface area contributed by atoms with Gasteiger partial charge >= 0.3 is 0 Å². The quantitative estimate of drug-likeness (QED) is 0.373. The number of sulfonamides is 1. The molecule has 4 rings (SSSR count). The van der Waals surface area contributed by atoms with E-state index in [2.05, 4.69) is 0 Å². The molecule has 0 spiro atoms. The molecule has 0 radical (unpaired) electrons. The largest absolute Gasteiger partial charge is 0.467 e. The van der Waals surface area contributed by atoms with Crippen molar-refractivity contribution in [1.82, 2.24) is 9.21 Å². The standard InChI is InChI=1S/C27H32N2O7S/c1-19-12-20(2)27(21(3)13-19)37(31,32)29(9-11-33-4)17-26(30)28(16-23-6-5-10-34-23)15-22-7-8-24-25(14-22)36-18-35-24/h5-8,10,12-14H,9,11,15-18H2,1-4H3. The van der Waals surface area contributed by atoms with Gasteiger partial charge in [0.15, 0.2) is 11.5 Å². The first kappa shape index (κ1) is 26.7. The number of fused-ring (bicyclic) bond motifs is 1. The van der Waals surface area contributed by atoms with Crippen molar-refractivity contribution >= 4 is 15.9 Å². The molecule has 0 saturated carbocycles. The van der Waals surface area contributed by atoms with Gasteiger partial charge in [0.25, 0.3) is 0 Å². The van der Waals surface area contributed by atoms with Crippen molar-refractivity contribution in [2.24, 2.45) is 0 Å². The molecule has 9 nitrogen and oxygen atoms in total. The second-order valence-corrected chi connectivity index (χ2v) is 11.0. The fourth-order valence-electron chi connectivity index (χ4n) is 4.51. The van der Waals surface area contributed by atoms with Gasteiger partial charge in [0.05, 0.1) is 30.9 Å². The Kier molecular flexibility index (Phi) is 8.21. The summed E-state index contributed by atoms with van der Waals surface area (Å²) in [6.45, 7) is 5.87. The Labute approximate surface area is 217 Å². The average molecular weight is 529 g/mol. The summed E-state index contributed by atoms with van der Waals surface area (Å²) in [5.41, 5.74) is 3.07. The van der Waals surface area contributed by atoms with Gasteiger partial charge in [0.1, 0.15) is 5.76 Å². The molecule has 0 unspecified atom stereocenters. The molecule has 0 fully saturated rings. The van der Waals surface area contributed by atoms with Gasteiger partial charge in [-0.2, -0.15) is 4.31 Å². The number of carbonyl (C=O) groups excluding carboxylic acids is 1. The van der Waals surface area contributed by atoms with Crippen molar-refractivity contribution in [3.63, 3.8) is 0 Å². The molecule has 0 saturated heterocycles. The number of carbonyl (C=O) groups is 1. The summed E-state index contributed by atoms with van der Waals surface area (Å²) < 4.78 is 50.3. The lowest BCUT2D eigenvalue weighted by Crippen LogP contribution is -2.44. The molecule has 0 N–H and O–H groups in total. The van der Waals surface area contributed by atoms with E-state index in [0.29, 0.717) is 28.4 Å². The third kappa shape index (κ3) is 6.15. The van der Waals surface area contributed by atoms with Crippen LogP contribution in [0.3, 0.4) is 0 Å². The molecule has 198 valence electrons. The fraction of sp³-hybridized carbons (Fsp3) is 0.370. The number of nitrogens with zero attached hydrogens (tertiary/aromatic N) is 2. The molecule has 2 heterocycles. The first-order valence-electron chi connectivity index (χ1n) is 11.9. The molecule has 0 aliphatic carbocycles. The average Bonchev–Trinajstić information content (AvgIpc) is 3.52. The summed E-state index contributed by atoms with van der Waals surface area (Å²) in [7, 11) is -2.48. The van der Waals surface area contributed by atoms with Gasteiger partial charge in [0.2, 0.25) is 22.7 Å². The summed E-state index contributed by atoms with van der Waals surface area (Å²) in [5.74, 6) is 1.48. The van der Waals surface area contributed by atoms with Gasteiger partial charge in [-0.3, -0.25) is 4.79 Å². The number of amides is 1. The van der Waals surface area contributed by atoms with Crippen LogP contribution in [0, 0.1) is 20.8 Å². The van der Waals surface area contributed by atoms with E-state index >= 15 is 0 Å². The smallest absolute Gasteiger partial charge is 0.244 e. The highest BCUT2D eigenvalue weighted by molar-refractivity contribution is 7.89. The third-order valence-corrected chi connectivity index (χ3v) is 8.30. The second-order valence-electron chi connectivity index (χ2n) is 9.08. The molecule has 2 aromatic carbocycles. The highest BCUT2D eigenvalue weighted by Crippen LogP contribution is 2.33. The SMILES string of the molecule is COCCN(CC(=O)N(Cc1ccc2c(c1)OCO2)Cc1ccco1)S(=O)(=O)c1c(C)cc(C)cc1C.